The van der Waals surface area contributed by atoms with Gasteiger partial charge in [0.05, 0.1) is 12.2 Å². The van der Waals surface area contributed by atoms with Crippen LogP contribution in [0.15, 0.2) is 18.9 Å². The van der Waals surface area contributed by atoms with Crippen LogP contribution >= 0.6 is 0 Å². The molecule has 0 aromatic carbocycles. The predicted octanol–water partition coefficient (Wildman–Crippen LogP) is 0.993. The van der Waals surface area contributed by atoms with E-state index in [-0.39, 0.29) is 5.91 Å². The molecule has 1 aliphatic heterocycles. The highest BCUT2D eigenvalue weighted by Gasteiger charge is 2.33. The fraction of sp³-hybridized carbons (Fsp3) is 0.643. The van der Waals surface area contributed by atoms with Crippen LogP contribution in [0, 0.1) is 0 Å². The molecule has 0 spiro atoms. The molecule has 0 atom stereocenters. The lowest BCUT2D eigenvalue weighted by atomic mass is 10.1. The summed E-state index contributed by atoms with van der Waals surface area (Å²) in [5.74, 6) is -0.0208. The Balaban J connectivity index is 1.71. The SMILES string of the molecule is C=CCN(C(=O)c1cn(C2CCNCC2)nn1)C1CC1. The van der Waals surface area contributed by atoms with Crippen LogP contribution in [-0.4, -0.2) is 51.5 Å². The van der Waals surface area contributed by atoms with Gasteiger partial charge in [0.25, 0.3) is 5.91 Å². The molecule has 1 N–H and O–H groups in total. The molecule has 1 aliphatic carbocycles. The van der Waals surface area contributed by atoms with Crippen molar-refractivity contribution in [3.63, 3.8) is 0 Å². The van der Waals surface area contributed by atoms with E-state index in [9.17, 15) is 4.79 Å². The van der Waals surface area contributed by atoms with Crippen LogP contribution < -0.4 is 5.32 Å². The molecule has 2 fully saturated rings. The Morgan fingerprint density at radius 1 is 1.45 bits per heavy atom. The Hall–Kier alpha value is -1.69. The summed E-state index contributed by atoms with van der Waals surface area (Å²) in [6.45, 7) is 6.31. The topological polar surface area (TPSA) is 63.1 Å². The van der Waals surface area contributed by atoms with Gasteiger partial charge in [-0.15, -0.1) is 11.7 Å². The summed E-state index contributed by atoms with van der Waals surface area (Å²) >= 11 is 0. The van der Waals surface area contributed by atoms with Crippen molar-refractivity contribution in [3.05, 3.63) is 24.5 Å². The minimum Gasteiger partial charge on any atom is -0.331 e. The summed E-state index contributed by atoms with van der Waals surface area (Å²) in [6, 6.07) is 0.726. The largest absolute Gasteiger partial charge is 0.331 e. The number of piperidine rings is 1. The highest BCUT2D eigenvalue weighted by Crippen LogP contribution is 2.28. The summed E-state index contributed by atoms with van der Waals surface area (Å²) in [4.78, 5) is 14.3. The Morgan fingerprint density at radius 2 is 2.20 bits per heavy atom. The lowest BCUT2D eigenvalue weighted by molar-refractivity contribution is 0.0756. The summed E-state index contributed by atoms with van der Waals surface area (Å²) in [5.41, 5.74) is 0.456. The molecule has 20 heavy (non-hydrogen) atoms. The van der Waals surface area contributed by atoms with E-state index in [0.29, 0.717) is 24.3 Å². The van der Waals surface area contributed by atoms with E-state index in [0.717, 1.165) is 38.8 Å². The molecule has 0 radical (unpaired) electrons. The van der Waals surface area contributed by atoms with Gasteiger partial charge in [-0.2, -0.15) is 0 Å². The van der Waals surface area contributed by atoms with Gasteiger partial charge in [-0.25, -0.2) is 4.68 Å². The summed E-state index contributed by atoms with van der Waals surface area (Å²) < 4.78 is 1.85. The molecule has 1 amide bonds. The van der Waals surface area contributed by atoms with Gasteiger partial charge in [0.1, 0.15) is 0 Å². The number of amides is 1. The molecular formula is C14H21N5O. The van der Waals surface area contributed by atoms with Gasteiger partial charge in [0, 0.05) is 12.6 Å². The summed E-state index contributed by atoms with van der Waals surface area (Å²) in [5, 5.41) is 11.5. The standard InChI is InChI=1S/C14H21N5O/c1-2-9-18(11-3-4-11)14(20)13-10-19(17-16-13)12-5-7-15-8-6-12/h2,10-12,15H,1,3-9H2. The third kappa shape index (κ3) is 2.75. The third-order valence-electron chi connectivity index (χ3n) is 3.99. The molecule has 2 heterocycles. The van der Waals surface area contributed by atoms with Gasteiger partial charge in [0.2, 0.25) is 0 Å². The van der Waals surface area contributed by atoms with Crippen LogP contribution in [0.4, 0.5) is 0 Å². The van der Waals surface area contributed by atoms with Crippen LogP contribution in [0.1, 0.15) is 42.2 Å². The number of carbonyl (C=O) groups excluding carboxylic acids is 1. The van der Waals surface area contributed by atoms with Gasteiger partial charge < -0.3 is 10.2 Å². The summed E-state index contributed by atoms with van der Waals surface area (Å²) in [6.07, 6.45) is 7.82. The first-order chi connectivity index (χ1) is 9.79. The van der Waals surface area contributed by atoms with E-state index < -0.39 is 0 Å². The smallest absolute Gasteiger partial charge is 0.276 e. The quantitative estimate of drug-likeness (QED) is 0.814. The van der Waals surface area contributed by atoms with Crippen molar-refractivity contribution < 1.29 is 4.79 Å². The zero-order valence-electron chi connectivity index (χ0n) is 11.7. The average molecular weight is 275 g/mol. The molecule has 1 saturated heterocycles. The number of aromatic nitrogens is 3. The normalized spacial score (nSPS) is 19.8. The fourth-order valence-electron chi connectivity index (χ4n) is 2.69. The van der Waals surface area contributed by atoms with Crippen molar-refractivity contribution in [1.82, 2.24) is 25.2 Å². The van der Waals surface area contributed by atoms with Crippen molar-refractivity contribution in [3.8, 4) is 0 Å². The lowest BCUT2D eigenvalue weighted by Crippen LogP contribution is -2.33. The maximum Gasteiger partial charge on any atom is 0.276 e. The van der Waals surface area contributed by atoms with E-state index in [1.165, 1.54) is 0 Å². The number of nitrogens with one attached hydrogen (secondary N) is 1. The Bertz CT molecular complexity index is 488. The van der Waals surface area contributed by atoms with Gasteiger partial charge in [-0.1, -0.05) is 11.3 Å². The van der Waals surface area contributed by atoms with E-state index in [2.05, 4.69) is 22.2 Å². The summed E-state index contributed by atoms with van der Waals surface area (Å²) in [7, 11) is 0. The minimum atomic E-state index is -0.0208. The highest BCUT2D eigenvalue weighted by atomic mass is 16.2. The molecule has 108 valence electrons. The molecule has 0 bridgehead atoms. The maximum absolute atomic E-state index is 12.5. The third-order valence-corrected chi connectivity index (χ3v) is 3.99. The zero-order chi connectivity index (χ0) is 13.9. The van der Waals surface area contributed by atoms with Crippen molar-refractivity contribution >= 4 is 5.91 Å². The van der Waals surface area contributed by atoms with Gasteiger partial charge in [0.15, 0.2) is 5.69 Å². The van der Waals surface area contributed by atoms with Crippen LogP contribution in [0.5, 0.6) is 0 Å². The Morgan fingerprint density at radius 3 is 2.85 bits per heavy atom. The predicted molar refractivity (Wildman–Crippen MR) is 75.4 cm³/mol. The molecule has 3 rings (SSSR count). The molecule has 1 aromatic rings. The fourth-order valence-corrected chi connectivity index (χ4v) is 2.69. The maximum atomic E-state index is 12.5. The molecule has 1 aromatic heterocycles. The van der Waals surface area contributed by atoms with Gasteiger partial charge in [-0.3, -0.25) is 4.79 Å². The first-order valence-corrected chi connectivity index (χ1v) is 7.34. The number of hydrogen-bond acceptors (Lipinski definition) is 4. The van der Waals surface area contributed by atoms with E-state index >= 15 is 0 Å². The average Bonchev–Trinajstić information content (AvgIpc) is 3.21. The molecule has 2 aliphatic rings. The van der Waals surface area contributed by atoms with Crippen molar-refractivity contribution in [2.75, 3.05) is 19.6 Å². The zero-order valence-corrected chi connectivity index (χ0v) is 11.7. The second-order valence-corrected chi connectivity index (χ2v) is 5.54. The van der Waals surface area contributed by atoms with E-state index in [1.54, 1.807) is 12.3 Å². The molecule has 6 heteroatoms. The van der Waals surface area contributed by atoms with Crippen LogP contribution in [0.25, 0.3) is 0 Å². The minimum absolute atomic E-state index is 0.0208. The molecule has 1 saturated carbocycles. The number of nitrogens with zero attached hydrogens (tertiary/aromatic N) is 4. The van der Waals surface area contributed by atoms with Crippen molar-refractivity contribution in [2.24, 2.45) is 0 Å². The van der Waals surface area contributed by atoms with Crippen molar-refractivity contribution in [1.29, 1.82) is 0 Å². The van der Waals surface area contributed by atoms with E-state index in [1.807, 2.05) is 9.58 Å². The first kappa shape index (κ1) is 13.3. The van der Waals surface area contributed by atoms with Gasteiger partial charge >= 0.3 is 0 Å². The molecular weight excluding hydrogens is 254 g/mol. The van der Waals surface area contributed by atoms with Crippen molar-refractivity contribution in [2.45, 2.75) is 37.8 Å². The van der Waals surface area contributed by atoms with E-state index in [4.69, 9.17) is 0 Å². The highest BCUT2D eigenvalue weighted by molar-refractivity contribution is 5.92. The number of hydrogen-bond donors (Lipinski definition) is 1. The molecule has 6 nitrogen and oxygen atoms in total. The second-order valence-electron chi connectivity index (χ2n) is 5.54. The Labute approximate surface area is 118 Å². The lowest BCUT2D eigenvalue weighted by Gasteiger charge is -2.22. The number of rotatable bonds is 5. The number of carbonyl (C=O) groups is 1. The van der Waals surface area contributed by atoms with Gasteiger partial charge in [-0.05, 0) is 38.8 Å². The second kappa shape index (κ2) is 5.75. The monoisotopic (exact) mass is 275 g/mol. The van der Waals surface area contributed by atoms with Crippen LogP contribution in [0.2, 0.25) is 0 Å². The van der Waals surface area contributed by atoms with Crippen LogP contribution in [0.3, 0.4) is 0 Å². The molecule has 0 unspecified atom stereocenters. The Kier molecular flexibility index (Phi) is 3.82. The first-order valence-electron chi connectivity index (χ1n) is 7.34. The van der Waals surface area contributed by atoms with Crippen LogP contribution in [-0.2, 0) is 0 Å².